The highest BCUT2D eigenvalue weighted by atomic mass is 16.6. The predicted octanol–water partition coefficient (Wildman–Crippen LogP) is 5.04. The first-order chi connectivity index (χ1) is 13.7. The summed E-state index contributed by atoms with van der Waals surface area (Å²) in [5.41, 5.74) is 1.59. The second kappa shape index (κ2) is 8.26. The van der Waals surface area contributed by atoms with Crippen LogP contribution in [0.15, 0.2) is 36.5 Å². The number of anilines is 3. The van der Waals surface area contributed by atoms with Crippen molar-refractivity contribution in [2.45, 2.75) is 45.6 Å². The largest absolute Gasteiger partial charge is 0.444 e. The average molecular weight is 397 g/mol. The molecular weight excluding hydrogens is 374 g/mol. The molecule has 0 atom stereocenters. The topological polar surface area (TPSA) is 119 Å². The van der Waals surface area contributed by atoms with Crippen molar-refractivity contribution in [2.24, 2.45) is 0 Å². The van der Waals surface area contributed by atoms with Gasteiger partial charge in [0.15, 0.2) is 0 Å². The molecule has 0 saturated carbocycles. The Morgan fingerprint density at radius 2 is 2.03 bits per heavy atom. The van der Waals surface area contributed by atoms with Crippen molar-refractivity contribution in [3.63, 3.8) is 0 Å². The van der Waals surface area contributed by atoms with Gasteiger partial charge >= 0.3 is 11.8 Å². The quantitative estimate of drug-likeness (QED) is 0.535. The van der Waals surface area contributed by atoms with Crippen molar-refractivity contribution in [1.29, 1.82) is 0 Å². The van der Waals surface area contributed by atoms with Crippen molar-refractivity contribution in [3.05, 3.63) is 52.3 Å². The first-order valence-corrected chi connectivity index (χ1v) is 9.29. The van der Waals surface area contributed by atoms with E-state index in [2.05, 4.69) is 26.7 Å². The number of hydrogen-bond donors (Lipinski definition) is 2. The van der Waals surface area contributed by atoms with Crippen LogP contribution in [0, 0.1) is 10.1 Å². The lowest BCUT2D eigenvalue weighted by Gasteiger charge is -2.19. The van der Waals surface area contributed by atoms with E-state index in [1.807, 2.05) is 0 Å². The number of rotatable bonds is 5. The maximum absolute atomic E-state index is 11.8. The van der Waals surface area contributed by atoms with Crippen LogP contribution in [-0.4, -0.2) is 26.6 Å². The van der Waals surface area contributed by atoms with Gasteiger partial charge in [-0.05, 0) is 63.8 Å². The first-order valence-electron chi connectivity index (χ1n) is 9.29. The van der Waals surface area contributed by atoms with Crippen LogP contribution in [0.4, 0.5) is 27.8 Å². The van der Waals surface area contributed by atoms with Crippen LogP contribution in [0.3, 0.4) is 0 Å². The highest BCUT2D eigenvalue weighted by molar-refractivity contribution is 5.83. The maximum atomic E-state index is 11.8. The highest BCUT2D eigenvalue weighted by Crippen LogP contribution is 2.31. The van der Waals surface area contributed by atoms with Crippen LogP contribution in [0.5, 0.6) is 0 Å². The van der Waals surface area contributed by atoms with Gasteiger partial charge in [-0.2, -0.15) is 0 Å². The normalized spacial score (nSPS) is 13.6. The molecular formula is C20H23N5O4. The molecule has 1 amide bonds. The molecule has 152 valence electrons. The average Bonchev–Trinajstić information content (AvgIpc) is 3.16. The second-order valence-electron chi connectivity index (χ2n) is 7.63. The number of hydrogen-bond acceptors (Lipinski definition) is 7. The first kappa shape index (κ1) is 20.2. The Bertz CT molecular complexity index is 948. The maximum Gasteiger partial charge on any atom is 0.413 e. The Morgan fingerprint density at radius 1 is 1.24 bits per heavy atom. The van der Waals surface area contributed by atoms with Gasteiger partial charge in [0.05, 0.1) is 22.5 Å². The Morgan fingerprint density at radius 3 is 2.62 bits per heavy atom. The molecule has 0 unspecified atom stereocenters. The van der Waals surface area contributed by atoms with E-state index in [-0.39, 0.29) is 11.5 Å². The zero-order chi connectivity index (χ0) is 21.0. The standard InChI is InChI=1S/C20H23N5O4/c1-20(2,3)29-19(26)24-17-11-8-14(12-21-17)22-18-16(25(27)28)10-9-15(23-18)13-6-4-5-7-13/h6,8-12H,4-5,7H2,1-3H3,(H,22,23)(H,21,24,26). The molecule has 0 bridgehead atoms. The molecule has 2 aromatic rings. The lowest BCUT2D eigenvalue weighted by molar-refractivity contribution is -0.384. The summed E-state index contributed by atoms with van der Waals surface area (Å²) in [5.74, 6) is 0.451. The molecule has 29 heavy (non-hydrogen) atoms. The molecule has 2 heterocycles. The molecule has 2 N–H and O–H groups in total. The summed E-state index contributed by atoms with van der Waals surface area (Å²) in [6, 6.07) is 6.34. The minimum atomic E-state index is -0.615. The Kier molecular flexibility index (Phi) is 5.76. The monoisotopic (exact) mass is 397 g/mol. The molecule has 0 aromatic carbocycles. The van der Waals surface area contributed by atoms with Crippen molar-refractivity contribution >= 4 is 34.7 Å². The number of nitrogens with zero attached hydrogens (tertiary/aromatic N) is 3. The van der Waals surface area contributed by atoms with Crippen molar-refractivity contribution < 1.29 is 14.5 Å². The second-order valence-corrected chi connectivity index (χ2v) is 7.63. The van der Waals surface area contributed by atoms with E-state index in [0.717, 1.165) is 30.5 Å². The summed E-state index contributed by atoms with van der Waals surface area (Å²) >= 11 is 0. The number of carbonyl (C=O) groups excluding carboxylic acids is 1. The molecule has 0 saturated heterocycles. The molecule has 3 rings (SSSR count). The summed E-state index contributed by atoms with van der Waals surface area (Å²) in [4.78, 5) is 31.3. The van der Waals surface area contributed by atoms with Gasteiger partial charge in [0, 0.05) is 6.07 Å². The number of nitro groups is 1. The van der Waals surface area contributed by atoms with Crippen LogP contribution in [-0.2, 0) is 4.74 Å². The van der Waals surface area contributed by atoms with Gasteiger partial charge in [-0.3, -0.25) is 15.4 Å². The van der Waals surface area contributed by atoms with Crippen LogP contribution in [0.1, 0.15) is 45.7 Å². The fourth-order valence-electron chi connectivity index (χ4n) is 2.86. The van der Waals surface area contributed by atoms with E-state index in [4.69, 9.17) is 4.74 Å². The third kappa shape index (κ3) is 5.50. The highest BCUT2D eigenvalue weighted by Gasteiger charge is 2.19. The fourth-order valence-corrected chi connectivity index (χ4v) is 2.86. The molecule has 1 aliphatic rings. The fraction of sp³-hybridized carbons (Fsp3) is 0.350. The molecule has 0 spiro atoms. The van der Waals surface area contributed by atoms with Crippen molar-refractivity contribution in [2.75, 3.05) is 10.6 Å². The summed E-state index contributed by atoms with van der Waals surface area (Å²) in [6.07, 6.45) is 5.92. The Hall–Kier alpha value is -3.49. The van der Waals surface area contributed by atoms with Crippen LogP contribution >= 0.6 is 0 Å². The lowest BCUT2D eigenvalue weighted by Crippen LogP contribution is -2.27. The summed E-state index contributed by atoms with van der Waals surface area (Å²) in [6.45, 7) is 5.30. The van der Waals surface area contributed by atoms with Gasteiger partial charge in [-0.25, -0.2) is 14.8 Å². The van der Waals surface area contributed by atoms with Gasteiger partial charge in [0.1, 0.15) is 11.4 Å². The molecule has 9 heteroatoms. The molecule has 0 fully saturated rings. The van der Waals surface area contributed by atoms with Crippen LogP contribution in [0.25, 0.3) is 5.57 Å². The minimum absolute atomic E-state index is 0.122. The van der Waals surface area contributed by atoms with E-state index < -0.39 is 16.6 Å². The number of aromatic nitrogens is 2. The Labute approximate surface area is 168 Å². The number of amides is 1. The third-order valence-electron chi connectivity index (χ3n) is 4.10. The molecule has 1 aliphatic carbocycles. The van der Waals surface area contributed by atoms with Crippen LogP contribution < -0.4 is 10.6 Å². The predicted molar refractivity (Wildman–Crippen MR) is 110 cm³/mol. The molecule has 0 radical (unpaired) electrons. The number of carbonyl (C=O) groups is 1. The summed E-state index contributed by atoms with van der Waals surface area (Å²) in [5, 5.41) is 16.9. The van der Waals surface area contributed by atoms with E-state index in [0.29, 0.717) is 11.5 Å². The van der Waals surface area contributed by atoms with E-state index in [9.17, 15) is 14.9 Å². The van der Waals surface area contributed by atoms with Gasteiger partial charge in [0.2, 0.25) is 5.82 Å². The third-order valence-corrected chi connectivity index (χ3v) is 4.10. The smallest absolute Gasteiger partial charge is 0.413 e. The number of nitrogens with one attached hydrogen (secondary N) is 2. The SMILES string of the molecule is CC(C)(C)OC(=O)Nc1ccc(Nc2nc(C3=CCCC3)ccc2[N+](=O)[O-])cn1. The van der Waals surface area contributed by atoms with Crippen LogP contribution in [0.2, 0.25) is 0 Å². The van der Waals surface area contributed by atoms with E-state index in [1.54, 1.807) is 39.0 Å². The number of allylic oxidation sites excluding steroid dienone is 2. The minimum Gasteiger partial charge on any atom is -0.444 e. The van der Waals surface area contributed by atoms with Gasteiger partial charge < -0.3 is 10.1 Å². The summed E-state index contributed by atoms with van der Waals surface area (Å²) in [7, 11) is 0. The zero-order valence-electron chi connectivity index (χ0n) is 16.6. The Balaban J connectivity index is 1.76. The van der Waals surface area contributed by atoms with Crippen molar-refractivity contribution in [1.82, 2.24) is 9.97 Å². The van der Waals surface area contributed by atoms with E-state index in [1.165, 1.54) is 12.3 Å². The molecule has 9 nitrogen and oxygen atoms in total. The van der Waals surface area contributed by atoms with E-state index >= 15 is 0 Å². The number of pyridine rings is 2. The van der Waals surface area contributed by atoms with Gasteiger partial charge in [-0.1, -0.05) is 6.08 Å². The van der Waals surface area contributed by atoms with Gasteiger partial charge in [-0.15, -0.1) is 0 Å². The molecule has 2 aromatic heterocycles. The zero-order valence-corrected chi connectivity index (χ0v) is 16.6. The summed E-state index contributed by atoms with van der Waals surface area (Å²) < 4.78 is 5.18. The number of ether oxygens (including phenoxy) is 1. The molecule has 0 aliphatic heterocycles. The van der Waals surface area contributed by atoms with Gasteiger partial charge in [0.25, 0.3) is 0 Å². The van der Waals surface area contributed by atoms with Crippen molar-refractivity contribution in [3.8, 4) is 0 Å². The lowest BCUT2D eigenvalue weighted by atomic mass is 10.1.